The molecule has 0 radical (unpaired) electrons. The molecule has 0 bridgehead atoms. The Morgan fingerprint density at radius 2 is 1.91 bits per heavy atom. The Labute approximate surface area is 193 Å². The molecule has 1 aliphatic heterocycles. The van der Waals surface area contributed by atoms with Crippen molar-refractivity contribution in [2.75, 3.05) is 33.3 Å². The van der Waals surface area contributed by atoms with Crippen LogP contribution >= 0.6 is 11.6 Å². The van der Waals surface area contributed by atoms with E-state index in [1.54, 1.807) is 19.5 Å². The molecule has 6 nitrogen and oxygen atoms in total. The summed E-state index contributed by atoms with van der Waals surface area (Å²) in [5.41, 5.74) is 2.67. The standard InChI is InChI=1S/C25H26ClN3O3/c1-31-24-8-7-22(26)14-21(24)17-28-10-12-29(13-11-28)25(30)20-5-2-6-23(15-20)32-18-19-4-3-9-27-16-19/h2-9,14-16H,10-13,17-18H2,1H3. The molecule has 1 saturated heterocycles. The summed E-state index contributed by atoms with van der Waals surface area (Å²) in [6.45, 7) is 4.07. The maximum atomic E-state index is 13.0. The van der Waals surface area contributed by atoms with E-state index in [2.05, 4.69) is 9.88 Å². The Morgan fingerprint density at radius 3 is 2.66 bits per heavy atom. The molecular weight excluding hydrogens is 426 g/mol. The molecular formula is C25H26ClN3O3. The first-order valence-corrected chi connectivity index (χ1v) is 11.0. The summed E-state index contributed by atoms with van der Waals surface area (Å²) in [5, 5.41) is 0.695. The number of rotatable bonds is 7. The minimum absolute atomic E-state index is 0.0248. The number of halogens is 1. The molecule has 1 amide bonds. The smallest absolute Gasteiger partial charge is 0.254 e. The zero-order valence-corrected chi connectivity index (χ0v) is 18.8. The van der Waals surface area contributed by atoms with Crippen molar-refractivity contribution in [3.63, 3.8) is 0 Å². The lowest BCUT2D eigenvalue weighted by molar-refractivity contribution is 0.0627. The molecule has 0 aliphatic carbocycles. The maximum absolute atomic E-state index is 13.0. The predicted molar refractivity (Wildman–Crippen MR) is 124 cm³/mol. The van der Waals surface area contributed by atoms with Crippen LogP contribution in [0, 0.1) is 0 Å². The van der Waals surface area contributed by atoms with Gasteiger partial charge in [0.05, 0.1) is 7.11 Å². The molecule has 0 saturated carbocycles. The van der Waals surface area contributed by atoms with Gasteiger partial charge in [-0.25, -0.2) is 0 Å². The molecule has 32 heavy (non-hydrogen) atoms. The van der Waals surface area contributed by atoms with Crippen molar-refractivity contribution in [2.45, 2.75) is 13.2 Å². The lowest BCUT2D eigenvalue weighted by Crippen LogP contribution is -2.48. The molecule has 3 aromatic rings. The number of amides is 1. The fourth-order valence-electron chi connectivity index (χ4n) is 3.77. The van der Waals surface area contributed by atoms with Crippen LogP contribution in [0.15, 0.2) is 67.0 Å². The Kier molecular flexibility index (Phi) is 7.24. The van der Waals surface area contributed by atoms with Gasteiger partial charge in [0.2, 0.25) is 0 Å². The molecule has 0 unspecified atom stereocenters. The van der Waals surface area contributed by atoms with Crippen LogP contribution in [0.25, 0.3) is 0 Å². The van der Waals surface area contributed by atoms with E-state index in [0.29, 0.717) is 36.0 Å². The molecule has 166 valence electrons. The third kappa shape index (κ3) is 5.58. The number of hydrogen-bond donors (Lipinski definition) is 0. The van der Waals surface area contributed by atoms with Gasteiger partial charge in [0.1, 0.15) is 18.1 Å². The number of benzene rings is 2. The van der Waals surface area contributed by atoms with Crippen molar-refractivity contribution in [1.82, 2.24) is 14.8 Å². The van der Waals surface area contributed by atoms with Gasteiger partial charge in [0.15, 0.2) is 0 Å². The molecule has 1 aliphatic rings. The van der Waals surface area contributed by atoms with Gasteiger partial charge in [-0.3, -0.25) is 14.7 Å². The van der Waals surface area contributed by atoms with E-state index < -0.39 is 0 Å². The van der Waals surface area contributed by atoms with E-state index in [9.17, 15) is 4.79 Å². The monoisotopic (exact) mass is 451 g/mol. The van der Waals surface area contributed by atoms with Crippen molar-refractivity contribution in [2.24, 2.45) is 0 Å². The van der Waals surface area contributed by atoms with E-state index in [1.807, 2.05) is 59.5 Å². The van der Waals surface area contributed by atoms with Crippen LogP contribution in [0.3, 0.4) is 0 Å². The third-order valence-corrected chi connectivity index (χ3v) is 5.74. The SMILES string of the molecule is COc1ccc(Cl)cc1CN1CCN(C(=O)c2cccc(OCc3cccnc3)c2)CC1. The number of carbonyl (C=O) groups excluding carboxylic acids is 1. The number of aromatic nitrogens is 1. The highest BCUT2D eigenvalue weighted by Crippen LogP contribution is 2.25. The summed E-state index contributed by atoms with van der Waals surface area (Å²) in [7, 11) is 1.66. The Bertz CT molecular complexity index is 1050. The molecule has 7 heteroatoms. The second-order valence-corrected chi connectivity index (χ2v) is 8.14. The van der Waals surface area contributed by atoms with Crippen LogP contribution in [0.1, 0.15) is 21.5 Å². The number of hydrogen-bond acceptors (Lipinski definition) is 5. The molecule has 2 heterocycles. The molecule has 2 aromatic carbocycles. The van der Waals surface area contributed by atoms with Crippen molar-refractivity contribution in [3.8, 4) is 11.5 Å². The summed E-state index contributed by atoms with van der Waals surface area (Å²) in [4.78, 5) is 21.3. The number of carbonyl (C=O) groups is 1. The van der Waals surface area contributed by atoms with Crippen molar-refractivity contribution in [3.05, 3.63) is 88.7 Å². The number of pyridine rings is 1. The molecule has 0 atom stereocenters. The summed E-state index contributed by atoms with van der Waals surface area (Å²) in [5.74, 6) is 1.53. The first-order chi connectivity index (χ1) is 15.6. The number of methoxy groups -OCH3 is 1. The minimum atomic E-state index is 0.0248. The summed E-state index contributed by atoms with van der Waals surface area (Å²) >= 11 is 6.15. The first kappa shape index (κ1) is 22.1. The van der Waals surface area contributed by atoms with Crippen LogP contribution in [0.4, 0.5) is 0 Å². The van der Waals surface area contributed by atoms with Crippen molar-refractivity contribution >= 4 is 17.5 Å². The molecule has 4 rings (SSSR count). The predicted octanol–water partition coefficient (Wildman–Crippen LogP) is 4.28. The van der Waals surface area contributed by atoms with Crippen molar-refractivity contribution in [1.29, 1.82) is 0 Å². The molecule has 0 N–H and O–H groups in total. The summed E-state index contributed by atoms with van der Waals surface area (Å²) in [6, 6.07) is 16.9. The number of ether oxygens (including phenoxy) is 2. The summed E-state index contributed by atoms with van der Waals surface area (Å²) < 4.78 is 11.3. The average Bonchev–Trinajstić information content (AvgIpc) is 2.84. The number of nitrogens with zero attached hydrogens (tertiary/aromatic N) is 3. The van der Waals surface area contributed by atoms with Gasteiger partial charge >= 0.3 is 0 Å². The highest BCUT2D eigenvalue weighted by molar-refractivity contribution is 6.30. The Hall–Kier alpha value is -3.09. The molecule has 1 fully saturated rings. The number of piperazine rings is 1. The fourth-order valence-corrected chi connectivity index (χ4v) is 3.97. The van der Waals surface area contributed by atoms with Crippen LogP contribution < -0.4 is 9.47 Å². The zero-order valence-electron chi connectivity index (χ0n) is 18.0. The highest BCUT2D eigenvalue weighted by atomic mass is 35.5. The van der Waals surface area contributed by atoms with Crippen LogP contribution in [-0.4, -0.2) is 54.0 Å². The molecule has 1 aromatic heterocycles. The van der Waals surface area contributed by atoms with Gasteiger partial charge in [0, 0.05) is 66.8 Å². The van der Waals surface area contributed by atoms with Gasteiger partial charge in [-0.2, -0.15) is 0 Å². The Morgan fingerprint density at radius 1 is 1.06 bits per heavy atom. The van der Waals surface area contributed by atoms with Crippen LogP contribution in [0.2, 0.25) is 5.02 Å². The quantitative estimate of drug-likeness (QED) is 0.536. The lowest BCUT2D eigenvalue weighted by Gasteiger charge is -2.35. The zero-order chi connectivity index (χ0) is 22.3. The van der Waals surface area contributed by atoms with E-state index in [4.69, 9.17) is 21.1 Å². The van der Waals surface area contributed by atoms with Gasteiger partial charge < -0.3 is 14.4 Å². The van der Waals surface area contributed by atoms with E-state index in [0.717, 1.165) is 36.5 Å². The van der Waals surface area contributed by atoms with Gasteiger partial charge in [-0.15, -0.1) is 0 Å². The van der Waals surface area contributed by atoms with Crippen molar-refractivity contribution < 1.29 is 14.3 Å². The second kappa shape index (κ2) is 10.5. The summed E-state index contributed by atoms with van der Waals surface area (Å²) in [6.07, 6.45) is 3.50. The highest BCUT2D eigenvalue weighted by Gasteiger charge is 2.23. The third-order valence-electron chi connectivity index (χ3n) is 5.51. The van der Waals surface area contributed by atoms with Gasteiger partial charge in [-0.05, 0) is 42.5 Å². The second-order valence-electron chi connectivity index (χ2n) is 7.70. The topological polar surface area (TPSA) is 54.9 Å². The minimum Gasteiger partial charge on any atom is -0.496 e. The average molecular weight is 452 g/mol. The largest absolute Gasteiger partial charge is 0.496 e. The first-order valence-electron chi connectivity index (χ1n) is 10.6. The Balaban J connectivity index is 1.33. The molecule has 0 spiro atoms. The van der Waals surface area contributed by atoms with Crippen LogP contribution in [0.5, 0.6) is 11.5 Å². The van der Waals surface area contributed by atoms with E-state index >= 15 is 0 Å². The van der Waals surface area contributed by atoms with E-state index in [1.165, 1.54) is 0 Å². The van der Waals surface area contributed by atoms with Gasteiger partial charge in [0.25, 0.3) is 5.91 Å². The fraction of sp³-hybridized carbons (Fsp3) is 0.280. The van der Waals surface area contributed by atoms with Gasteiger partial charge in [-0.1, -0.05) is 23.7 Å². The lowest BCUT2D eigenvalue weighted by atomic mass is 10.1. The van der Waals surface area contributed by atoms with Crippen LogP contribution in [-0.2, 0) is 13.2 Å². The normalized spacial score (nSPS) is 14.2. The maximum Gasteiger partial charge on any atom is 0.254 e. The van der Waals surface area contributed by atoms with E-state index in [-0.39, 0.29) is 5.91 Å².